The van der Waals surface area contributed by atoms with Crippen molar-refractivity contribution < 1.29 is 9.32 Å². The molecular formula is C23H33N3O2. The third-order valence-corrected chi connectivity index (χ3v) is 5.88. The van der Waals surface area contributed by atoms with Gasteiger partial charge < -0.3 is 4.52 Å². The fraction of sp³-hybridized carbons (Fsp3) is 0.652. The number of carbonyl (C=O) groups is 1. The summed E-state index contributed by atoms with van der Waals surface area (Å²) in [6.45, 7) is 2.12. The maximum atomic E-state index is 12.4. The van der Waals surface area contributed by atoms with Gasteiger partial charge in [0, 0.05) is 36.7 Å². The van der Waals surface area contributed by atoms with Crippen molar-refractivity contribution in [3.05, 3.63) is 30.4 Å². The predicted molar refractivity (Wildman–Crippen MR) is 110 cm³/mol. The van der Waals surface area contributed by atoms with Gasteiger partial charge >= 0.3 is 0 Å². The van der Waals surface area contributed by atoms with Crippen LogP contribution < -0.4 is 0 Å². The van der Waals surface area contributed by atoms with E-state index in [1.165, 1.54) is 38.5 Å². The van der Waals surface area contributed by atoms with Crippen LogP contribution in [0.5, 0.6) is 0 Å². The van der Waals surface area contributed by atoms with Gasteiger partial charge in [0.2, 0.25) is 11.7 Å². The predicted octanol–water partition coefficient (Wildman–Crippen LogP) is 6.12. The summed E-state index contributed by atoms with van der Waals surface area (Å²) < 4.78 is 5.59. The molecule has 2 aromatic rings. The Morgan fingerprint density at radius 3 is 2.86 bits per heavy atom. The van der Waals surface area contributed by atoms with Crippen LogP contribution in [0, 0.1) is 5.92 Å². The zero-order chi connectivity index (χ0) is 19.6. The number of aromatic nitrogens is 3. The first-order chi connectivity index (χ1) is 13.8. The number of carbonyl (C=O) groups excluding carboxylic acids is 1. The molecule has 152 valence electrons. The van der Waals surface area contributed by atoms with Crippen LogP contribution in [0.2, 0.25) is 0 Å². The average Bonchev–Trinajstić information content (AvgIpc) is 3.23. The van der Waals surface area contributed by atoms with Gasteiger partial charge in [-0.2, -0.15) is 4.98 Å². The van der Waals surface area contributed by atoms with E-state index in [1.807, 2.05) is 12.1 Å². The Morgan fingerprint density at radius 2 is 2.11 bits per heavy atom. The van der Waals surface area contributed by atoms with Crippen molar-refractivity contribution in [2.75, 3.05) is 0 Å². The normalized spacial score (nSPS) is 16.2. The largest absolute Gasteiger partial charge is 0.339 e. The molecule has 1 aliphatic carbocycles. The first kappa shape index (κ1) is 20.7. The second-order valence-electron chi connectivity index (χ2n) is 8.18. The third kappa shape index (κ3) is 6.25. The number of pyridine rings is 1. The van der Waals surface area contributed by atoms with Crippen LogP contribution >= 0.6 is 0 Å². The molecule has 3 rings (SSSR count). The number of rotatable bonds is 11. The topological polar surface area (TPSA) is 68.9 Å². The summed E-state index contributed by atoms with van der Waals surface area (Å²) in [7, 11) is 0. The highest BCUT2D eigenvalue weighted by molar-refractivity contribution is 5.79. The van der Waals surface area contributed by atoms with Crippen molar-refractivity contribution in [2.45, 2.75) is 89.9 Å². The minimum atomic E-state index is 0.0332. The van der Waals surface area contributed by atoms with E-state index in [1.54, 1.807) is 12.4 Å². The SMILES string of the molecule is CCCCC(=O)CC(CCCC1CCCCC1)c1nc(-c2cccnc2)no1. The zero-order valence-corrected chi connectivity index (χ0v) is 17.1. The summed E-state index contributed by atoms with van der Waals surface area (Å²) in [6.07, 6.45) is 16.8. The molecular weight excluding hydrogens is 350 g/mol. The van der Waals surface area contributed by atoms with E-state index in [4.69, 9.17) is 4.52 Å². The molecule has 1 fully saturated rings. The van der Waals surface area contributed by atoms with Gasteiger partial charge in [0.15, 0.2) is 0 Å². The zero-order valence-electron chi connectivity index (χ0n) is 17.1. The fourth-order valence-electron chi connectivity index (χ4n) is 4.21. The van der Waals surface area contributed by atoms with Crippen molar-refractivity contribution in [2.24, 2.45) is 5.92 Å². The Labute approximate surface area is 168 Å². The monoisotopic (exact) mass is 383 g/mol. The summed E-state index contributed by atoms with van der Waals surface area (Å²) in [5, 5.41) is 4.14. The third-order valence-electron chi connectivity index (χ3n) is 5.88. The van der Waals surface area contributed by atoms with E-state index < -0.39 is 0 Å². The van der Waals surface area contributed by atoms with Crippen LogP contribution in [0.4, 0.5) is 0 Å². The van der Waals surface area contributed by atoms with E-state index in [0.717, 1.165) is 37.2 Å². The molecule has 2 heterocycles. The van der Waals surface area contributed by atoms with Crippen molar-refractivity contribution >= 4 is 5.78 Å². The maximum Gasteiger partial charge on any atom is 0.230 e. The lowest BCUT2D eigenvalue weighted by atomic mass is 9.84. The molecule has 0 N–H and O–H groups in total. The Morgan fingerprint density at radius 1 is 1.25 bits per heavy atom. The van der Waals surface area contributed by atoms with Gasteiger partial charge in [-0.05, 0) is 30.9 Å². The number of Topliss-reactive ketones (excluding diaryl/α,β-unsaturated/α-hetero) is 1. The van der Waals surface area contributed by atoms with Crippen molar-refractivity contribution in [3.8, 4) is 11.4 Å². The second-order valence-corrected chi connectivity index (χ2v) is 8.18. The molecule has 0 aromatic carbocycles. The van der Waals surface area contributed by atoms with E-state index in [0.29, 0.717) is 30.3 Å². The second kappa shape index (κ2) is 11.1. The van der Waals surface area contributed by atoms with Crippen molar-refractivity contribution in [3.63, 3.8) is 0 Å². The molecule has 0 aliphatic heterocycles. The lowest BCUT2D eigenvalue weighted by Gasteiger charge is -2.22. The smallest absolute Gasteiger partial charge is 0.230 e. The van der Waals surface area contributed by atoms with Crippen LogP contribution in [0.15, 0.2) is 29.0 Å². The van der Waals surface area contributed by atoms with Crippen LogP contribution in [0.3, 0.4) is 0 Å². The number of nitrogens with zero attached hydrogens (tertiary/aromatic N) is 3. The fourth-order valence-corrected chi connectivity index (χ4v) is 4.21. The summed E-state index contributed by atoms with van der Waals surface area (Å²) >= 11 is 0. The van der Waals surface area contributed by atoms with Gasteiger partial charge in [-0.1, -0.05) is 63.4 Å². The molecule has 1 unspecified atom stereocenters. The number of hydrogen-bond donors (Lipinski definition) is 0. The highest BCUT2D eigenvalue weighted by Crippen LogP contribution is 2.32. The molecule has 2 aromatic heterocycles. The summed E-state index contributed by atoms with van der Waals surface area (Å²) in [4.78, 5) is 21.2. The molecule has 0 bridgehead atoms. The molecule has 1 aliphatic rings. The molecule has 0 radical (unpaired) electrons. The minimum Gasteiger partial charge on any atom is -0.339 e. The molecule has 1 atom stereocenters. The van der Waals surface area contributed by atoms with Crippen LogP contribution in [0.25, 0.3) is 11.4 Å². The van der Waals surface area contributed by atoms with Gasteiger partial charge in [0.05, 0.1) is 0 Å². The lowest BCUT2D eigenvalue weighted by Crippen LogP contribution is -2.10. The Hall–Kier alpha value is -2.04. The number of unbranched alkanes of at least 4 members (excludes halogenated alkanes) is 1. The molecule has 28 heavy (non-hydrogen) atoms. The number of hydrogen-bond acceptors (Lipinski definition) is 5. The summed E-state index contributed by atoms with van der Waals surface area (Å²) in [6, 6.07) is 3.79. The maximum absolute atomic E-state index is 12.4. The highest BCUT2D eigenvalue weighted by atomic mass is 16.5. The Kier molecular flexibility index (Phi) is 8.19. The van der Waals surface area contributed by atoms with Gasteiger partial charge in [-0.25, -0.2) is 0 Å². The van der Waals surface area contributed by atoms with E-state index >= 15 is 0 Å². The summed E-state index contributed by atoms with van der Waals surface area (Å²) in [5.74, 6) is 2.36. The molecule has 1 saturated carbocycles. The van der Waals surface area contributed by atoms with Gasteiger partial charge in [-0.3, -0.25) is 9.78 Å². The molecule has 0 spiro atoms. The lowest BCUT2D eigenvalue weighted by molar-refractivity contribution is -0.119. The van der Waals surface area contributed by atoms with E-state index in [2.05, 4.69) is 22.0 Å². The quantitative estimate of drug-likeness (QED) is 0.468. The molecule has 5 heteroatoms. The summed E-state index contributed by atoms with van der Waals surface area (Å²) in [5.41, 5.74) is 0.843. The van der Waals surface area contributed by atoms with Gasteiger partial charge in [0.1, 0.15) is 5.78 Å². The first-order valence-electron chi connectivity index (χ1n) is 11.0. The Balaban J connectivity index is 1.63. The molecule has 0 saturated heterocycles. The minimum absolute atomic E-state index is 0.0332. The molecule has 5 nitrogen and oxygen atoms in total. The van der Waals surface area contributed by atoms with Gasteiger partial charge in [0.25, 0.3) is 0 Å². The van der Waals surface area contributed by atoms with E-state index in [9.17, 15) is 4.79 Å². The highest BCUT2D eigenvalue weighted by Gasteiger charge is 2.23. The van der Waals surface area contributed by atoms with Crippen LogP contribution in [-0.4, -0.2) is 20.9 Å². The van der Waals surface area contributed by atoms with Crippen molar-refractivity contribution in [1.29, 1.82) is 0 Å². The van der Waals surface area contributed by atoms with Crippen LogP contribution in [-0.2, 0) is 4.79 Å². The van der Waals surface area contributed by atoms with E-state index in [-0.39, 0.29) is 5.92 Å². The van der Waals surface area contributed by atoms with Gasteiger partial charge in [-0.15, -0.1) is 0 Å². The van der Waals surface area contributed by atoms with Crippen LogP contribution in [0.1, 0.15) is 95.8 Å². The average molecular weight is 384 g/mol. The standard InChI is InChI=1S/C23H33N3O2/c1-2-3-14-21(27)16-19(12-7-11-18-9-5-4-6-10-18)23-25-22(26-28-23)20-13-8-15-24-17-20/h8,13,15,17-19H,2-7,9-12,14,16H2,1H3. The van der Waals surface area contributed by atoms with Crippen molar-refractivity contribution in [1.82, 2.24) is 15.1 Å². The first-order valence-corrected chi connectivity index (χ1v) is 11.0. The molecule has 0 amide bonds. The Bertz CT molecular complexity index is 708. The number of ketones is 1.